The summed E-state index contributed by atoms with van der Waals surface area (Å²) in [5.41, 5.74) is 12.4. The molecule has 4 aromatic heterocycles. The maximum atomic E-state index is 6.37. The van der Waals surface area contributed by atoms with Crippen molar-refractivity contribution in [1.82, 2.24) is 19.1 Å². The Morgan fingerprint density at radius 2 is 0.966 bits per heavy atom. The molecule has 5 nitrogen and oxygen atoms in total. The molecular formula is C54H32N4O. The van der Waals surface area contributed by atoms with E-state index in [2.05, 4.69) is 185 Å². The zero-order valence-corrected chi connectivity index (χ0v) is 31.7. The van der Waals surface area contributed by atoms with Gasteiger partial charge in [0.25, 0.3) is 0 Å². The molecule has 0 fully saturated rings. The molecule has 274 valence electrons. The topological polar surface area (TPSA) is 48.8 Å². The molecular weight excluding hydrogens is 721 g/mol. The summed E-state index contributed by atoms with van der Waals surface area (Å²) in [6, 6.07) is 69.2. The SMILES string of the molecule is c1ccc(-n2c3ccccc3c3ccc(-c4nc5oc6ccccc6c5nc4-c4ccc(-n5c6cc7ccccc7cc6c6ccc7ccccc7c65)cc4)cc32)cc1. The fraction of sp³-hybridized carbons (Fsp3) is 0. The molecule has 0 aliphatic carbocycles. The van der Waals surface area contributed by atoms with E-state index >= 15 is 0 Å². The Hall–Kier alpha value is -8.02. The number of furan rings is 1. The second-order valence-corrected chi connectivity index (χ2v) is 15.4. The fourth-order valence-electron chi connectivity index (χ4n) is 9.40. The Morgan fingerprint density at radius 3 is 1.81 bits per heavy atom. The molecule has 4 heterocycles. The predicted octanol–water partition coefficient (Wildman–Crippen LogP) is 14.2. The first-order valence-electron chi connectivity index (χ1n) is 20.0. The van der Waals surface area contributed by atoms with E-state index in [4.69, 9.17) is 14.4 Å². The molecule has 5 heteroatoms. The molecule has 0 spiro atoms. The summed E-state index contributed by atoms with van der Waals surface area (Å²) in [7, 11) is 0. The van der Waals surface area contributed by atoms with Crippen LogP contribution in [0, 0.1) is 0 Å². The molecule has 0 unspecified atom stereocenters. The van der Waals surface area contributed by atoms with Crippen molar-refractivity contribution in [2.75, 3.05) is 0 Å². The molecule has 0 bridgehead atoms. The largest absolute Gasteiger partial charge is 0.436 e. The van der Waals surface area contributed by atoms with Crippen LogP contribution in [0.25, 0.3) is 121 Å². The molecule has 13 aromatic rings. The Labute approximate surface area is 337 Å². The second kappa shape index (κ2) is 12.2. The smallest absolute Gasteiger partial charge is 0.246 e. The van der Waals surface area contributed by atoms with Gasteiger partial charge in [0.2, 0.25) is 5.71 Å². The normalized spacial score (nSPS) is 12.1. The first kappa shape index (κ1) is 32.1. The minimum atomic E-state index is 0.523. The number of para-hydroxylation sites is 3. The predicted molar refractivity (Wildman–Crippen MR) is 244 cm³/mol. The van der Waals surface area contributed by atoms with Crippen molar-refractivity contribution in [3.05, 3.63) is 194 Å². The molecule has 0 aliphatic heterocycles. The van der Waals surface area contributed by atoms with Crippen LogP contribution < -0.4 is 0 Å². The van der Waals surface area contributed by atoms with Gasteiger partial charge >= 0.3 is 0 Å². The molecule has 59 heavy (non-hydrogen) atoms. The number of benzene rings is 9. The van der Waals surface area contributed by atoms with E-state index in [1.807, 2.05) is 18.2 Å². The summed E-state index contributed by atoms with van der Waals surface area (Å²) in [4.78, 5) is 10.7. The Bertz CT molecular complexity index is 3830. The van der Waals surface area contributed by atoms with Crippen LogP contribution in [0.1, 0.15) is 0 Å². The highest BCUT2D eigenvalue weighted by molar-refractivity contribution is 6.21. The summed E-state index contributed by atoms with van der Waals surface area (Å²) < 4.78 is 11.1. The van der Waals surface area contributed by atoms with Crippen LogP contribution in [0.3, 0.4) is 0 Å². The maximum absolute atomic E-state index is 6.37. The van der Waals surface area contributed by atoms with Crippen molar-refractivity contribution in [3.8, 4) is 33.9 Å². The van der Waals surface area contributed by atoms with Gasteiger partial charge in [0.05, 0.1) is 27.8 Å². The van der Waals surface area contributed by atoms with Crippen LogP contribution in [0.15, 0.2) is 199 Å². The molecule has 0 saturated heterocycles. The van der Waals surface area contributed by atoms with Crippen molar-refractivity contribution in [1.29, 1.82) is 0 Å². The van der Waals surface area contributed by atoms with Crippen molar-refractivity contribution in [3.63, 3.8) is 0 Å². The highest BCUT2D eigenvalue weighted by Crippen LogP contribution is 2.41. The third-order valence-electron chi connectivity index (χ3n) is 12.1. The van der Waals surface area contributed by atoms with Crippen molar-refractivity contribution < 1.29 is 4.42 Å². The van der Waals surface area contributed by atoms with Crippen LogP contribution in [0.2, 0.25) is 0 Å². The van der Waals surface area contributed by atoms with Gasteiger partial charge in [-0.25, -0.2) is 9.97 Å². The molecule has 0 atom stereocenters. The summed E-state index contributed by atoms with van der Waals surface area (Å²) in [6.45, 7) is 0. The molecule has 0 N–H and O–H groups in total. The van der Waals surface area contributed by atoms with Crippen LogP contribution in [-0.2, 0) is 0 Å². The minimum absolute atomic E-state index is 0.523. The number of hydrogen-bond donors (Lipinski definition) is 0. The highest BCUT2D eigenvalue weighted by atomic mass is 16.3. The number of nitrogens with zero attached hydrogens (tertiary/aromatic N) is 4. The van der Waals surface area contributed by atoms with Gasteiger partial charge < -0.3 is 13.6 Å². The number of aromatic nitrogens is 4. The monoisotopic (exact) mass is 752 g/mol. The first-order chi connectivity index (χ1) is 29.2. The lowest BCUT2D eigenvalue weighted by atomic mass is 10.0. The van der Waals surface area contributed by atoms with E-state index in [-0.39, 0.29) is 0 Å². The molecule has 0 radical (unpaired) electrons. The van der Waals surface area contributed by atoms with E-state index < -0.39 is 0 Å². The van der Waals surface area contributed by atoms with E-state index in [0.717, 1.165) is 61.4 Å². The summed E-state index contributed by atoms with van der Waals surface area (Å²) >= 11 is 0. The van der Waals surface area contributed by atoms with E-state index in [1.165, 1.54) is 54.1 Å². The van der Waals surface area contributed by atoms with Gasteiger partial charge in [-0.1, -0.05) is 133 Å². The lowest BCUT2D eigenvalue weighted by Crippen LogP contribution is -1.97. The van der Waals surface area contributed by atoms with Crippen molar-refractivity contribution >= 4 is 87.4 Å². The Kier molecular flexibility index (Phi) is 6.66. The lowest BCUT2D eigenvalue weighted by molar-refractivity contribution is 0.653. The molecule has 9 aromatic carbocycles. The van der Waals surface area contributed by atoms with E-state index in [9.17, 15) is 0 Å². The Balaban J connectivity index is 1.05. The fourth-order valence-corrected chi connectivity index (χ4v) is 9.40. The average molecular weight is 753 g/mol. The van der Waals surface area contributed by atoms with Crippen molar-refractivity contribution in [2.24, 2.45) is 0 Å². The van der Waals surface area contributed by atoms with Crippen LogP contribution >= 0.6 is 0 Å². The first-order valence-corrected chi connectivity index (χ1v) is 20.0. The third-order valence-corrected chi connectivity index (χ3v) is 12.1. The number of hydrogen-bond acceptors (Lipinski definition) is 3. The van der Waals surface area contributed by atoms with Crippen molar-refractivity contribution in [2.45, 2.75) is 0 Å². The lowest BCUT2D eigenvalue weighted by Gasteiger charge is -2.13. The minimum Gasteiger partial charge on any atom is -0.436 e. The number of rotatable bonds is 4. The van der Waals surface area contributed by atoms with Gasteiger partial charge in [0.1, 0.15) is 16.8 Å². The average Bonchev–Trinajstić information content (AvgIpc) is 3.95. The van der Waals surface area contributed by atoms with Gasteiger partial charge in [0, 0.05) is 54.8 Å². The zero-order valence-electron chi connectivity index (χ0n) is 31.7. The zero-order chi connectivity index (χ0) is 38.6. The highest BCUT2D eigenvalue weighted by Gasteiger charge is 2.21. The molecule has 0 aliphatic rings. The van der Waals surface area contributed by atoms with Gasteiger partial charge in [-0.3, -0.25) is 0 Å². The van der Waals surface area contributed by atoms with Crippen LogP contribution in [0.4, 0.5) is 0 Å². The van der Waals surface area contributed by atoms with Crippen LogP contribution in [-0.4, -0.2) is 19.1 Å². The summed E-state index contributed by atoms with van der Waals surface area (Å²) in [6.07, 6.45) is 0. The van der Waals surface area contributed by atoms with Crippen LogP contribution in [0.5, 0.6) is 0 Å². The standard InChI is InChI=1S/C54H32N4O/c1-2-15-38(16-3-1)57-46-20-10-8-18-41(46)42-28-25-37(32-47(42)57)51-50(55-52-44-19-9-11-21-49(44)59-54(52)56-51)34-22-26-39(27-23-34)58-48-31-36-14-5-4-13-35(36)30-45(48)43-29-24-33-12-6-7-17-40(33)53(43)58/h1-32H. The molecule has 0 saturated carbocycles. The molecule has 13 rings (SSSR count). The third kappa shape index (κ3) is 4.73. The summed E-state index contributed by atoms with van der Waals surface area (Å²) in [5, 5.41) is 10.7. The van der Waals surface area contributed by atoms with Gasteiger partial charge in [-0.15, -0.1) is 0 Å². The number of fused-ring (bicyclic) bond motifs is 12. The van der Waals surface area contributed by atoms with Gasteiger partial charge in [0.15, 0.2) is 0 Å². The summed E-state index contributed by atoms with van der Waals surface area (Å²) in [5.74, 6) is 0. The van der Waals surface area contributed by atoms with E-state index in [1.54, 1.807) is 0 Å². The molecule has 0 amide bonds. The quantitative estimate of drug-likeness (QED) is 0.180. The second-order valence-electron chi connectivity index (χ2n) is 15.4. The maximum Gasteiger partial charge on any atom is 0.246 e. The Morgan fingerprint density at radius 1 is 0.356 bits per heavy atom. The van der Waals surface area contributed by atoms with Gasteiger partial charge in [-0.2, -0.15) is 0 Å². The van der Waals surface area contributed by atoms with Gasteiger partial charge in [-0.05, 0) is 76.8 Å². The van der Waals surface area contributed by atoms with E-state index in [0.29, 0.717) is 5.71 Å².